The second-order valence-corrected chi connectivity index (χ2v) is 5.13. The zero-order chi connectivity index (χ0) is 16.0. The van der Waals surface area contributed by atoms with Crippen LogP contribution in [-0.2, 0) is 0 Å². The number of pyridine rings is 1. The molecule has 0 spiro atoms. The largest absolute Gasteiger partial charge is 0.454 e. The zero-order valence-corrected chi connectivity index (χ0v) is 11.8. The minimum Gasteiger partial charge on any atom is -0.454 e. The van der Waals surface area contributed by atoms with Gasteiger partial charge in [0.2, 0.25) is 0 Å². The summed E-state index contributed by atoms with van der Waals surface area (Å²) in [5, 5.41) is 10.1. The van der Waals surface area contributed by atoms with Crippen molar-refractivity contribution in [2.24, 2.45) is 0 Å². The van der Waals surface area contributed by atoms with Gasteiger partial charge in [0.1, 0.15) is 23.0 Å². The van der Waals surface area contributed by atoms with Crippen LogP contribution < -0.4 is 5.56 Å². The quantitative estimate of drug-likeness (QED) is 0.579. The molecule has 0 atom stereocenters. The highest BCUT2D eigenvalue weighted by Gasteiger charge is 2.19. The summed E-state index contributed by atoms with van der Waals surface area (Å²) >= 11 is 0. The van der Waals surface area contributed by atoms with Crippen molar-refractivity contribution in [1.29, 1.82) is 5.26 Å². The van der Waals surface area contributed by atoms with E-state index in [0.717, 1.165) is 5.39 Å². The topological polar surface area (TPSA) is 69.8 Å². The summed E-state index contributed by atoms with van der Waals surface area (Å²) in [5.74, 6) is -0.391. The van der Waals surface area contributed by atoms with Crippen LogP contribution in [0.2, 0.25) is 0 Å². The van der Waals surface area contributed by atoms with Crippen LogP contribution in [0.25, 0.3) is 33.2 Å². The van der Waals surface area contributed by atoms with Gasteiger partial charge in [-0.3, -0.25) is 4.79 Å². The number of rotatable bonds is 1. The highest BCUT2D eigenvalue weighted by molar-refractivity contribution is 6.08. The summed E-state index contributed by atoms with van der Waals surface area (Å²) in [5.41, 5.74) is 1.93. The van der Waals surface area contributed by atoms with Gasteiger partial charge in [0, 0.05) is 5.39 Å². The monoisotopic (exact) mass is 304 g/mol. The molecule has 0 bridgehead atoms. The molecule has 2 aromatic carbocycles. The van der Waals surface area contributed by atoms with E-state index in [9.17, 15) is 14.4 Å². The van der Waals surface area contributed by atoms with Gasteiger partial charge in [-0.25, -0.2) is 4.39 Å². The molecule has 5 heteroatoms. The molecule has 0 unspecified atom stereocenters. The highest BCUT2D eigenvalue weighted by atomic mass is 19.1. The Bertz CT molecular complexity index is 1150. The molecule has 2 aromatic heterocycles. The Morgan fingerprint density at radius 1 is 1.09 bits per heavy atom. The van der Waals surface area contributed by atoms with Gasteiger partial charge in [-0.05, 0) is 29.8 Å². The number of nitriles is 1. The van der Waals surface area contributed by atoms with Gasteiger partial charge in [0.15, 0.2) is 5.58 Å². The SMILES string of the molecule is N#Cc1c(-c2ccc(F)cc2)c2oc3ccccc3c2[nH]c1=O. The highest BCUT2D eigenvalue weighted by Crippen LogP contribution is 2.35. The predicted molar refractivity (Wildman–Crippen MR) is 84.4 cm³/mol. The second-order valence-electron chi connectivity index (χ2n) is 5.13. The third kappa shape index (κ3) is 1.93. The van der Waals surface area contributed by atoms with Crippen molar-refractivity contribution >= 4 is 22.1 Å². The molecule has 4 aromatic rings. The van der Waals surface area contributed by atoms with Gasteiger partial charge < -0.3 is 9.40 Å². The molecule has 0 radical (unpaired) electrons. The van der Waals surface area contributed by atoms with E-state index in [0.29, 0.717) is 27.8 Å². The molecular weight excluding hydrogens is 295 g/mol. The number of fused-ring (bicyclic) bond motifs is 3. The molecule has 110 valence electrons. The Morgan fingerprint density at radius 2 is 1.83 bits per heavy atom. The van der Waals surface area contributed by atoms with Crippen molar-refractivity contribution in [3.05, 3.63) is 70.3 Å². The van der Waals surface area contributed by atoms with Crippen molar-refractivity contribution in [2.75, 3.05) is 0 Å². The van der Waals surface area contributed by atoms with Crippen LogP contribution in [-0.4, -0.2) is 4.98 Å². The van der Waals surface area contributed by atoms with E-state index in [1.54, 1.807) is 6.07 Å². The molecule has 23 heavy (non-hydrogen) atoms. The third-order valence-electron chi connectivity index (χ3n) is 3.78. The van der Waals surface area contributed by atoms with Gasteiger partial charge >= 0.3 is 0 Å². The van der Waals surface area contributed by atoms with Gasteiger partial charge in [0.25, 0.3) is 5.56 Å². The fourth-order valence-corrected chi connectivity index (χ4v) is 2.75. The van der Waals surface area contributed by atoms with Gasteiger partial charge in [-0.1, -0.05) is 24.3 Å². The lowest BCUT2D eigenvalue weighted by Gasteiger charge is -2.04. The van der Waals surface area contributed by atoms with E-state index < -0.39 is 11.4 Å². The van der Waals surface area contributed by atoms with Crippen molar-refractivity contribution < 1.29 is 8.81 Å². The lowest BCUT2D eigenvalue weighted by atomic mass is 10.0. The van der Waals surface area contributed by atoms with E-state index in [2.05, 4.69) is 4.98 Å². The van der Waals surface area contributed by atoms with Crippen molar-refractivity contribution in [2.45, 2.75) is 0 Å². The second kappa shape index (κ2) is 4.82. The summed E-state index contributed by atoms with van der Waals surface area (Å²) in [6.45, 7) is 0. The molecule has 0 saturated carbocycles. The molecule has 0 amide bonds. The third-order valence-corrected chi connectivity index (χ3v) is 3.78. The van der Waals surface area contributed by atoms with Crippen molar-refractivity contribution in [3.8, 4) is 17.2 Å². The zero-order valence-electron chi connectivity index (χ0n) is 11.8. The average Bonchev–Trinajstić information content (AvgIpc) is 2.93. The number of aromatic amines is 1. The summed E-state index contributed by atoms with van der Waals surface area (Å²) < 4.78 is 19.0. The molecule has 4 rings (SSSR count). The Balaban J connectivity index is 2.22. The first-order valence-electron chi connectivity index (χ1n) is 6.92. The normalized spacial score (nSPS) is 11.0. The standard InChI is InChI=1S/C18H9FN2O2/c19-11-7-5-10(6-8-11)15-13(9-20)18(22)21-16-12-3-1-2-4-14(12)23-17(15)16/h1-8H,(H,21,22). The number of furan rings is 1. The van der Waals surface area contributed by atoms with Crippen LogP contribution in [0.3, 0.4) is 0 Å². The number of hydrogen-bond donors (Lipinski definition) is 1. The number of benzene rings is 2. The molecule has 1 N–H and O–H groups in total. The Kier molecular flexibility index (Phi) is 2.78. The Labute approximate surface area is 129 Å². The van der Waals surface area contributed by atoms with Crippen molar-refractivity contribution in [1.82, 2.24) is 4.98 Å². The molecule has 0 aliphatic rings. The summed E-state index contributed by atoms with van der Waals surface area (Å²) in [6.07, 6.45) is 0. The molecule has 0 aliphatic carbocycles. The average molecular weight is 304 g/mol. The van der Waals surface area contributed by atoms with E-state index in [-0.39, 0.29) is 5.56 Å². The van der Waals surface area contributed by atoms with Crippen LogP contribution in [0.1, 0.15) is 5.56 Å². The number of H-pyrrole nitrogens is 1. The summed E-state index contributed by atoms with van der Waals surface area (Å²) in [4.78, 5) is 15.0. The summed E-state index contributed by atoms with van der Waals surface area (Å²) in [7, 11) is 0. The molecule has 0 aliphatic heterocycles. The number of hydrogen-bond acceptors (Lipinski definition) is 3. The first kappa shape index (κ1) is 13.3. The maximum atomic E-state index is 13.2. The lowest BCUT2D eigenvalue weighted by Crippen LogP contribution is -2.11. The Morgan fingerprint density at radius 3 is 2.57 bits per heavy atom. The number of para-hydroxylation sites is 1. The predicted octanol–water partition coefficient (Wildman–Crippen LogP) is 3.95. The number of nitrogens with zero attached hydrogens (tertiary/aromatic N) is 1. The van der Waals surface area contributed by atoms with Crippen molar-refractivity contribution in [3.63, 3.8) is 0 Å². The molecule has 2 heterocycles. The number of aromatic nitrogens is 1. The number of halogens is 1. The van der Waals surface area contributed by atoms with Crippen LogP contribution >= 0.6 is 0 Å². The maximum Gasteiger partial charge on any atom is 0.267 e. The maximum absolute atomic E-state index is 13.2. The molecule has 0 fully saturated rings. The fourth-order valence-electron chi connectivity index (χ4n) is 2.75. The van der Waals surface area contributed by atoms with Gasteiger partial charge in [-0.15, -0.1) is 0 Å². The van der Waals surface area contributed by atoms with Crippen LogP contribution in [0, 0.1) is 17.1 Å². The van der Waals surface area contributed by atoms with Gasteiger partial charge in [-0.2, -0.15) is 5.26 Å². The molecule has 0 saturated heterocycles. The van der Waals surface area contributed by atoms with Crippen LogP contribution in [0.5, 0.6) is 0 Å². The fraction of sp³-hybridized carbons (Fsp3) is 0. The Hall–Kier alpha value is -3.39. The van der Waals surface area contributed by atoms with E-state index in [1.807, 2.05) is 24.3 Å². The molecule has 4 nitrogen and oxygen atoms in total. The first-order chi connectivity index (χ1) is 11.2. The van der Waals surface area contributed by atoms with Crippen LogP contribution in [0.4, 0.5) is 4.39 Å². The minimum atomic E-state index is -0.495. The number of nitrogens with one attached hydrogen (secondary N) is 1. The lowest BCUT2D eigenvalue weighted by molar-refractivity contribution is 0.628. The minimum absolute atomic E-state index is 0.0526. The smallest absolute Gasteiger partial charge is 0.267 e. The summed E-state index contributed by atoms with van der Waals surface area (Å²) in [6, 6.07) is 14.8. The van der Waals surface area contributed by atoms with E-state index >= 15 is 0 Å². The molecular formula is C18H9FN2O2. The van der Waals surface area contributed by atoms with Crippen LogP contribution in [0.15, 0.2) is 57.7 Å². The first-order valence-corrected chi connectivity index (χ1v) is 6.92. The van der Waals surface area contributed by atoms with E-state index in [4.69, 9.17) is 4.42 Å². The van der Waals surface area contributed by atoms with E-state index in [1.165, 1.54) is 24.3 Å². The van der Waals surface area contributed by atoms with Gasteiger partial charge in [0.05, 0.1) is 11.1 Å².